The monoisotopic (exact) mass is 276 g/mol. The van der Waals surface area contributed by atoms with E-state index in [2.05, 4.69) is 20.8 Å². The molecule has 0 fully saturated rings. The number of rotatable bonds is 7. The van der Waals surface area contributed by atoms with Crippen LogP contribution < -0.4 is 5.73 Å². The van der Waals surface area contributed by atoms with Crippen LogP contribution >= 0.6 is 11.8 Å². The highest BCUT2D eigenvalue weighted by Crippen LogP contribution is 2.24. The molecule has 0 amide bonds. The van der Waals surface area contributed by atoms with Crippen LogP contribution in [-0.4, -0.2) is 26.5 Å². The summed E-state index contributed by atoms with van der Waals surface area (Å²) in [5.41, 5.74) is 8.75. The SMILES string of the molecule is CSCCCCCn1cncc1-c1cnccc1N. The molecule has 0 aliphatic rings. The molecule has 5 heteroatoms. The van der Waals surface area contributed by atoms with Gasteiger partial charge in [-0.05, 0) is 30.9 Å². The minimum absolute atomic E-state index is 0.749. The molecule has 0 aliphatic carbocycles. The number of imidazole rings is 1. The molecule has 2 aromatic rings. The summed E-state index contributed by atoms with van der Waals surface area (Å²) in [4.78, 5) is 8.37. The number of anilines is 1. The Morgan fingerprint density at radius 2 is 2.11 bits per heavy atom. The van der Waals surface area contributed by atoms with Crippen molar-refractivity contribution in [3.63, 3.8) is 0 Å². The fourth-order valence-corrected chi connectivity index (χ4v) is 2.54. The Kier molecular flexibility index (Phi) is 5.27. The second-order valence-corrected chi connectivity index (χ2v) is 5.47. The number of nitrogens with two attached hydrogens (primary N) is 1. The van der Waals surface area contributed by atoms with Gasteiger partial charge in [-0.15, -0.1) is 0 Å². The summed E-state index contributed by atoms with van der Waals surface area (Å²) < 4.78 is 2.16. The van der Waals surface area contributed by atoms with Crippen molar-refractivity contribution in [1.82, 2.24) is 14.5 Å². The van der Waals surface area contributed by atoms with Crippen molar-refractivity contribution >= 4 is 17.4 Å². The van der Waals surface area contributed by atoms with Crippen molar-refractivity contribution in [3.8, 4) is 11.3 Å². The van der Waals surface area contributed by atoms with E-state index in [0.717, 1.165) is 23.5 Å². The maximum Gasteiger partial charge on any atom is 0.0950 e. The summed E-state index contributed by atoms with van der Waals surface area (Å²) in [5.74, 6) is 1.24. The maximum atomic E-state index is 5.99. The average Bonchev–Trinajstić information content (AvgIpc) is 2.87. The predicted octanol–water partition coefficient (Wildman–Crippen LogP) is 3.06. The van der Waals surface area contributed by atoms with Crippen LogP contribution in [0, 0.1) is 0 Å². The molecule has 102 valence electrons. The number of hydrogen-bond donors (Lipinski definition) is 1. The van der Waals surface area contributed by atoms with E-state index in [0.29, 0.717) is 0 Å². The molecule has 2 N–H and O–H groups in total. The lowest BCUT2D eigenvalue weighted by Crippen LogP contribution is -2.01. The third kappa shape index (κ3) is 3.73. The standard InChI is InChI=1S/C14H20N4S/c1-19-8-4-2-3-7-18-11-17-10-14(18)12-9-16-6-5-13(12)15/h5-6,9-11H,2-4,7-8H2,1H3,(H2,15,16). The zero-order chi connectivity index (χ0) is 13.5. The Labute approximate surface area is 118 Å². The Morgan fingerprint density at radius 3 is 2.89 bits per heavy atom. The van der Waals surface area contributed by atoms with Crippen molar-refractivity contribution in [2.45, 2.75) is 25.8 Å². The van der Waals surface area contributed by atoms with Gasteiger partial charge in [0.1, 0.15) is 0 Å². The molecule has 0 bridgehead atoms. The molecule has 0 aliphatic heterocycles. The highest BCUT2D eigenvalue weighted by molar-refractivity contribution is 7.98. The first kappa shape index (κ1) is 13.9. The van der Waals surface area contributed by atoms with Crippen LogP contribution in [0.3, 0.4) is 0 Å². The van der Waals surface area contributed by atoms with Crippen molar-refractivity contribution in [1.29, 1.82) is 0 Å². The molecular formula is C14H20N4S. The Balaban J connectivity index is 2.00. The smallest absolute Gasteiger partial charge is 0.0950 e. The normalized spacial score (nSPS) is 10.8. The van der Waals surface area contributed by atoms with Crippen LogP contribution in [0.15, 0.2) is 31.0 Å². The van der Waals surface area contributed by atoms with Crippen LogP contribution in [0.4, 0.5) is 5.69 Å². The molecule has 0 unspecified atom stereocenters. The average molecular weight is 276 g/mol. The van der Waals surface area contributed by atoms with Crippen molar-refractivity contribution in [3.05, 3.63) is 31.0 Å². The fourth-order valence-electron chi connectivity index (χ4n) is 2.05. The molecule has 2 rings (SSSR count). The molecule has 0 saturated heterocycles. The molecular weight excluding hydrogens is 256 g/mol. The van der Waals surface area contributed by atoms with Crippen LogP contribution in [-0.2, 0) is 6.54 Å². The van der Waals surface area contributed by atoms with E-state index >= 15 is 0 Å². The number of aromatic nitrogens is 3. The summed E-state index contributed by atoms with van der Waals surface area (Å²) in [6.07, 6.45) is 13.1. The highest BCUT2D eigenvalue weighted by Gasteiger charge is 2.08. The lowest BCUT2D eigenvalue weighted by molar-refractivity contribution is 0.608. The second-order valence-electron chi connectivity index (χ2n) is 4.49. The van der Waals surface area contributed by atoms with E-state index in [1.165, 1.54) is 25.0 Å². The van der Waals surface area contributed by atoms with Gasteiger partial charge in [0.25, 0.3) is 0 Å². The number of nitrogens with zero attached hydrogens (tertiary/aromatic N) is 3. The van der Waals surface area contributed by atoms with E-state index < -0.39 is 0 Å². The molecule has 0 spiro atoms. The predicted molar refractivity (Wildman–Crippen MR) is 82.1 cm³/mol. The summed E-state index contributed by atoms with van der Waals surface area (Å²) in [7, 11) is 0. The molecule has 0 atom stereocenters. The van der Waals surface area contributed by atoms with Gasteiger partial charge in [-0.25, -0.2) is 4.98 Å². The lowest BCUT2D eigenvalue weighted by Gasteiger charge is -2.09. The number of nitrogen functional groups attached to an aromatic ring is 1. The van der Waals surface area contributed by atoms with Gasteiger partial charge >= 0.3 is 0 Å². The van der Waals surface area contributed by atoms with Crippen molar-refractivity contribution in [2.75, 3.05) is 17.7 Å². The van der Waals surface area contributed by atoms with Crippen molar-refractivity contribution < 1.29 is 0 Å². The minimum Gasteiger partial charge on any atom is -0.398 e. The largest absolute Gasteiger partial charge is 0.398 e. The number of aryl methyl sites for hydroxylation is 1. The van der Waals surface area contributed by atoms with Crippen LogP contribution in [0.2, 0.25) is 0 Å². The number of unbranched alkanes of at least 4 members (excludes halogenated alkanes) is 2. The molecule has 0 radical (unpaired) electrons. The highest BCUT2D eigenvalue weighted by atomic mass is 32.2. The molecule has 0 aromatic carbocycles. The summed E-state index contributed by atoms with van der Waals surface area (Å²) in [6.45, 7) is 0.984. The maximum absolute atomic E-state index is 5.99. The Bertz CT molecular complexity index is 510. The minimum atomic E-state index is 0.749. The summed E-state index contributed by atoms with van der Waals surface area (Å²) >= 11 is 1.91. The van der Waals surface area contributed by atoms with Gasteiger partial charge in [0.05, 0.1) is 18.2 Å². The molecule has 19 heavy (non-hydrogen) atoms. The van der Waals surface area contributed by atoms with Crippen LogP contribution in [0.1, 0.15) is 19.3 Å². The van der Waals surface area contributed by atoms with E-state index in [-0.39, 0.29) is 0 Å². The second kappa shape index (κ2) is 7.19. The van der Waals surface area contributed by atoms with E-state index in [4.69, 9.17) is 5.73 Å². The molecule has 2 heterocycles. The molecule has 2 aromatic heterocycles. The third-order valence-corrected chi connectivity index (χ3v) is 3.79. The topological polar surface area (TPSA) is 56.7 Å². The fraction of sp³-hybridized carbons (Fsp3) is 0.429. The Morgan fingerprint density at radius 1 is 1.21 bits per heavy atom. The number of pyridine rings is 1. The van der Waals surface area contributed by atoms with E-state index in [9.17, 15) is 0 Å². The van der Waals surface area contributed by atoms with Gasteiger partial charge < -0.3 is 10.3 Å². The molecule has 4 nitrogen and oxygen atoms in total. The van der Waals surface area contributed by atoms with Crippen LogP contribution in [0.25, 0.3) is 11.3 Å². The van der Waals surface area contributed by atoms with E-state index in [1.54, 1.807) is 12.4 Å². The molecule has 0 saturated carbocycles. The van der Waals surface area contributed by atoms with Gasteiger partial charge in [-0.2, -0.15) is 11.8 Å². The first-order valence-electron chi connectivity index (χ1n) is 6.52. The third-order valence-electron chi connectivity index (χ3n) is 3.09. The zero-order valence-electron chi connectivity index (χ0n) is 11.2. The first-order chi connectivity index (χ1) is 9.33. The summed E-state index contributed by atoms with van der Waals surface area (Å²) in [6, 6.07) is 1.82. The number of hydrogen-bond acceptors (Lipinski definition) is 4. The van der Waals surface area contributed by atoms with Gasteiger partial charge in [0.2, 0.25) is 0 Å². The van der Waals surface area contributed by atoms with Crippen LogP contribution in [0.5, 0.6) is 0 Å². The number of thioether (sulfide) groups is 1. The van der Waals surface area contributed by atoms with Gasteiger partial charge in [0.15, 0.2) is 0 Å². The Hall–Kier alpha value is -1.49. The zero-order valence-corrected chi connectivity index (χ0v) is 12.1. The van der Waals surface area contributed by atoms with Gasteiger partial charge in [-0.3, -0.25) is 4.98 Å². The first-order valence-corrected chi connectivity index (χ1v) is 7.91. The van der Waals surface area contributed by atoms with Gasteiger partial charge in [-0.1, -0.05) is 6.42 Å². The van der Waals surface area contributed by atoms with E-state index in [1.807, 2.05) is 30.4 Å². The van der Waals surface area contributed by atoms with Crippen molar-refractivity contribution in [2.24, 2.45) is 0 Å². The summed E-state index contributed by atoms with van der Waals surface area (Å²) in [5, 5.41) is 0. The lowest BCUT2D eigenvalue weighted by atomic mass is 10.2. The quantitative estimate of drug-likeness (QED) is 0.790. The van der Waals surface area contributed by atoms with Gasteiger partial charge in [0, 0.05) is 30.2 Å².